The van der Waals surface area contributed by atoms with Gasteiger partial charge in [-0.05, 0) is 31.2 Å². The van der Waals surface area contributed by atoms with E-state index in [4.69, 9.17) is 0 Å². The van der Waals surface area contributed by atoms with Crippen molar-refractivity contribution in [3.63, 3.8) is 0 Å². The van der Waals surface area contributed by atoms with Gasteiger partial charge in [-0.15, -0.1) is 0 Å². The van der Waals surface area contributed by atoms with E-state index >= 15 is 0 Å². The number of carbonyl (C=O) groups is 1. The zero-order valence-corrected chi connectivity index (χ0v) is 10.4. The Hall–Kier alpha value is -2.69. The first-order chi connectivity index (χ1) is 9.22. The Kier molecular flexibility index (Phi) is 2.72. The molecular formula is C14H12N4O. The normalized spacial score (nSPS) is 10.6. The zero-order valence-electron chi connectivity index (χ0n) is 10.4. The van der Waals surface area contributed by atoms with E-state index in [1.165, 1.54) is 0 Å². The Morgan fingerprint density at radius 3 is 2.89 bits per heavy atom. The molecule has 0 saturated carbocycles. The van der Waals surface area contributed by atoms with E-state index in [0.717, 1.165) is 11.3 Å². The highest BCUT2D eigenvalue weighted by Crippen LogP contribution is 2.09. The first kappa shape index (κ1) is 11.4. The Balaban J connectivity index is 1.89. The summed E-state index contributed by atoms with van der Waals surface area (Å²) in [6.07, 6.45) is 5.28. The summed E-state index contributed by atoms with van der Waals surface area (Å²) in [5.74, 6) is 0.348. The molecule has 0 atom stereocenters. The highest BCUT2D eigenvalue weighted by Gasteiger charge is 2.08. The fourth-order valence-electron chi connectivity index (χ4n) is 1.88. The Bertz CT molecular complexity index is 734. The van der Waals surface area contributed by atoms with Gasteiger partial charge in [0.2, 0.25) is 0 Å². The van der Waals surface area contributed by atoms with E-state index in [1.807, 2.05) is 29.7 Å². The van der Waals surface area contributed by atoms with Crippen LogP contribution in [0.15, 0.2) is 48.9 Å². The Labute approximate surface area is 109 Å². The molecule has 0 aliphatic rings. The van der Waals surface area contributed by atoms with E-state index in [-0.39, 0.29) is 5.91 Å². The van der Waals surface area contributed by atoms with Crippen LogP contribution in [0.5, 0.6) is 0 Å². The lowest BCUT2D eigenvalue weighted by Gasteiger charge is -2.04. The minimum atomic E-state index is -0.188. The summed E-state index contributed by atoms with van der Waals surface area (Å²) in [7, 11) is 0. The Morgan fingerprint density at radius 2 is 2.11 bits per heavy atom. The van der Waals surface area contributed by atoms with Crippen molar-refractivity contribution in [3.8, 4) is 0 Å². The topological polar surface area (TPSA) is 59.3 Å². The van der Waals surface area contributed by atoms with Crippen LogP contribution in [-0.4, -0.2) is 20.3 Å². The maximum absolute atomic E-state index is 12.1. The second-order valence-electron chi connectivity index (χ2n) is 4.23. The minimum absolute atomic E-state index is 0.188. The van der Waals surface area contributed by atoms with Crippen molar-refractivity contribution in [1.82, 2.24) is 14.4 Å². The molecule has 0 unspecified atom stereocenters. The molecule has 0 aromatic carbocycles. The number of carbonyl (C=O) groups excluding carboxylic acids is 1. The Morgan fingerprint density at radius 1 is 1.21 bits per heavy atom. The standard InChI is InChI=1S/C14H12N4O/c1-10-8-18-9-11(5-6-13(18)16-10)14(19)17-12-4-2-3-7-15-12/h2-9H,1H3,(H,15,17,19). The average molecular weight is 252 g/mol. The summed E-state index contributed by atoms with van der Waals surface area (Å²) in [4.78, 5) is 20.5. The van der Waals surface area contributed by atoms with Crippen LogP contribution in [-0.2, 0) is 0 Å². The summed E-state index contributed by atoms with van der Waals surface area (Å²) < 4.78 is 1.84. The maximum Gasteiger partial charge on any atom is 0.258 e. The van der Waals surface area contributed by atoms with Crippen molar-refractivity contribution in [2.75, 3.05) is 5.32 Å². The summed E-state index contributed by atoms with van der Waals surface area (Å²) in [5, 5.41) is 2.75. The first-order valence-electron chi connectivity index (χ1n) is 5.90. The van der Waals surface area contributed by atoms with Crippen LogP contribution in [0.25, 0.3) is 5.65 Å². The molecule has 3 rings (SSSR count). The molecule has 19 heavy (non-hydrogen) atoms. The predicted octanol–water partition coefficient (Wildman–Crippen LogP) is 2.29. The molecule has 0 fully saturated rings. The minimum Gasteiger partial charge on any atom is -0.307 e. The number of hydrogen-bond donors (Lipinski definition) is 1. The average Bonchev–Trinajstić information content (AvgIpc) is 2.78. The van der Waals surface area contributed by atoms with Gasteiger partial charge < -0.3 is 9.72 Å². The van der Waals surface area contributed by atoms with Crippen LogP contribution in [0.2, 0.25) is 0 Å². The molecule has 1 N–H and O–H groups in total. The van der Waals surface area contributed by atoms with Crippen molar-refractivity contribution < 1.29 is 4.79 Å². The molecule has 94 valence electrons. The van der Waals surface area contributed by atoms with E-state index in [2.05, 4.69) is 15.3 Å². The summed E-state index contributed by atoms with van der Waals surface area (Å²) in [6.45, 7) is 1.92. The highest BCUT2D eigenvalue weighted by molar-refractivity contribution is 6.03. The number of imidazole rings is 1. The maximum atomic E-state index is 12.1. The van der Waals surface area contributed by atoms with Crippen molar-refractivity contribution in [1.29, 1.82) is 0 Å². The van der Waals surface area contributed by atoms with E-state index in [1.54, 1.807) is 30.6 Å². The largest absolute Gasteiger partial charge is 0.307 e. The van der Waals surface area contributed by atoms with E-state index in [0.29, 0.717) is 11.4 Å². The van der Waals surface area contributed by atoms with Crippen LogP contribution in [0, 0.1) is 6.92 Å². The molecule has 5 nitrogen and oxygen atoms in total. The summed E-state index contributed by atoms with van der Waals surface area (Å²) in [6, 6.07) is 8.94. The monoisotopic (exact) mass is 252 g/mol. The van der Waals surface area contributed by atoms with Crippen molar-refractivity contribution in [2.45, 2.75) is 6.92 Å². The van der Waals surface area contributed by atoms with Gasteiger partial charge in [-0.2, -0.15) is 0 Å². The SMILES string of the molecule is Cc1cn2cc(C(=O)Nc3ccccn3)ccc2n1. The zero-order chi connectivity index (χ0) is 13.2. The highest BCUT2D eigenvalue weighted by atomic mass is 16.1. The van der Waals surface area contributed by atoms with Crippen LogP contribution in [0.4, 0.5) is 5.82 Å². The fourth-order valence-corrected chi connectivity index (χ4v) is 1.88. The first-order valence-corrected chi connectivity index (χ1v) is 5.90. The van der Waals surface area contributed by atoms with Gasteiger partial charge in [0.1, 0.15) is 11.5 Å². The van der Waals surface area contributed by atoms with Gasteiger partial charge in [-0.3, -0.25) is 4.79 Å². The quantitative estimate of drug-likeness (QED) is 0.761. The molecular weight excluding hydrogens is 240 g/mol. The number of fused-ring (bicyclic) bond motifs is 1. The van der Waals surface area contributed by atoms with E-state index < -0.39 is 0 Å². The number of aromatic nitrogens is 3. The van der Waals surface area contributed by atoms with Gasteiger partial charge in [0.15, 0.2) is 0 Å². The lowest BCUT2D eigenvalue weighted by atomic mass is 10.2. The summed E-state index contributed by atoms with van der Waals surface area (Å²) in [5.41, 5.74) is 2.31. The number of pyridine rings is 2. The molecule has 0 radical (unpaired) electrons. The molecule has 0 aliphatic carbocycles. The fraction of sp³-hybridized carbons (Fsp3) is 0.0714. The number of nitrogens with zero attached hydrogens (tertiary/aromatic N) is 3. The van der Waals surface area contributed by atoms with Gasteiger partial charge >= 0.3 is 0 Å². The van der Waals surface area contributed by atoms with Crippen LogP contribution in [0.3, 0.4) is 0 Å². The molecule has 1 amide bonds. The van der Waals surface area contributed by atoms with Crippen LogP contribution < -0.4 is 5.32 Å². The van der Waals surface area contributed by atoms with Crippen LogP contribution in [0.1, 0.15) is 16.1 Å². The van der Waals surface area contributed by atoms with E-state index in [9.17, 15) is 4.79 Å². The number of aryl methyl sites for hydroxylation is 1. The molecule has 3 heterocycles. The lowest BCUT2D eigenvalue weighted by Crippen LogP contribution is -2.13. The van der Waals surface area contributed by atoms with Gasteiger partial charge in [0.05, 0.1) is 11.3 Å². The van der Waals surface area contributed by atoms with Crippen molar-refractivity contribution >= 4 is 17.4 Å². The predicted molar refractivity (Wildman–Crippen MR) is 72.1 cm³/mol. The molecule has 3 aromatic heterocycles. The number of rotatable bonds is 2. The van der Waals surface area contributed by atoms with Crippen molar-refractivity contribution in [2.24, 2.45) is 0 Å². The van der Waals surface area contributed by atoms with Gasteiger partial charge in [0, 0.05) is 18.6 Å². The molecule has 0 spiro atoms. The second-order valence-corrected chi connectivity index (χ2v) is 4.23. The van der Waals surface area contributed by atoms with Crippen LogP contribution >= 0.6 is 0 Å². The number of anilines is 1. The molecule has 3 aromatic rings. The van der Waals surface area contributed by atoms with Crippen molar-refractivity contribution in [3.05, 3.63) is 60.2 Å². The molecule has 5 heteroatoms. The third-order valence-corrected chi connectivity index (χ3v) is 2.74. The smallest absolute Gasteiger partial charge is 0.258 e. The molecule has 0 saturated heterocycles. The van der Waals surface area contributed by atoms with Gasteiger partial charge in [-0.25, -0.2) is 9.97 Å². The van der Waals surface area contributed by atoms with Gasteiger partial charge in [0.25, 0.3) is 5.91 Å². The van der Waals surface area contributed by atoms with Gasteiger partial charge in [-0.1, -0.05) is 6.07 Å². The number of hydrogen-bond acceptors (Lipinski definition) is 3. The molecule has 0 bridgehead atoms. The second kappa shape index (κ2) is 4.53. The third kappa shape index (κ3) is 2.30. The molecule has 0 aliphatic heterocycles. The third-order valence-electron chi connectivity index (χ3n) is 2.74. The lowest BCUT2D eigenvalue weighted by molar-refractivity contribution is 0.102. The number of amides is 1. The number of nitrogens with one attached hydrogen (secondary N) is 1. The summed E-state index contributed by atoms with van der Waals surface area (Å²) >= 11 is 0.